The molecule has 4 rings (SSSR count). The summed E-state index contributed by atoms with van der Waals surface area (Å²) < 4.78 is 7.86. The third kappa shape index (κ3) is 3.88. The molecule has 1 saturated heterocycles. The fourth-order valence-corrected chi connectivity index (χ4v) is 4.53. The maximum absolute atomic E-state index is 13.7. The van der Waals surface area contributed by atoms with Gasteiger partial charge in [0.1, 0.15) is 12.4 Å². The largest absolute Gasteiger partial charge is 0.491 e. The van der Waals surface area contributed by atoms with Crippen LogP contribution in [0, 0.1) is 13.8 Å². The summed E-state index contributed by atoms with van der Waals surface area (Å²) in [5, 5.41) is 5.29. The number of rotatable bonds is 5. The van der Waals surface area contributed by atoms with Crippen LogP contribution >= 0.6 is 0 Å². The van der Waals surface area contributed by atoms with Crippen LogP contribution in [-0.2, 0) is 7.05 Å². The molecule has 8 heteroatoms. The van der Waals surface area contributed by atoms with Crippen LogP contribution in [0.4, 0.5) is 5.69 Å². The number of hydrogen-bond acceptors (Lipinski definition) is 6. The summed E-state index contributed by atoms with van der Waals surface area (Å²) in [6, 6.07) is 7.22. The van der Waals surface area contributed by atoms with Gasteiger partial charge in [0.25, 0.3) is 5.91 Å². The van der Waals surface area contributed by atoms with Gasteiger partial charge in [0.15, 0.2) is 5.65 Å². The smallest absolute Gasteiger partial charge is 0.255 e. The zero-order chi connectivity index (χ0) is 23.0. The molecule has 3 aromatic rings. The number of carbonyl (C=O) groups excluding carboxylic acids is 1. The fourth-order valence-electron chi connectivity index (χ4n) is 4.53. The summed E-state index contributed by atoms with van der Waals surface area (Å²) in [6.07, 6.45) is 2.87. The minimum absolute atomic E-state index is 0.0130. The lowest BCUT2D eigenvalue weighted by atomic mass is 10.00. The highest BCUT2D eigenvalue weighted by atomic mass is 16.5. The van der Waals surface area contributed by atoms with Gasteiger partial charge in [0.05, 0.1) is 28.2 Å². The molecular formula is C24H30N6O2. The average molecular weight is 435 g/mol. The minimum atomic E-state index is -0.0583. The van der Waals surface area contributed by atoms with E-state index in [1.807, 2.05) is 44.0 Å². The van der Waals surface area contributed by atoms with E-state index >= 15 is 0 Å². The van der Waals surface area contributed by atoms with Gasteiger partial charge >= 0.3 is 0 Å². The summed E-state index contributed by atoms with van der Waals surface area (Å²) in [7, 11) is 1.85. The van der Waals surface area contributed by atoms with E-state index in [-0.39, 0.29) is 11.9 Å². The SMILES string of the molecule is C=C(N)c1c(N)cccc1OC[C@H]1CCCCN1C(=O)c1cc(C)nc2c1c(C)nn2C. The van der Waals surface area contributed by atoms with Crippen molar-refractivity contribution in [1.29, 1.82) is 0 Å². The van der Waals surface area contributed by atoms with Crippen LogP contribution in [0.25, 0.3) is 16.7 Å². The van der Waals surface area contributed by atoms with E-state index in [9.17, 15) is 4.79 Å². The van der Waals surface area contributed by atoms with E-state index < -0.39 is 0 Å². The number of nitrogens with two attached hydrogens (primary N) is 2. The topological polar surface area (TPSA) is 112 Å². The highest BCUT2D eigenvalue weighted by Crippen LogP contribution is 2.30. The Kier molecular flexibility index (Phi) is 5.78. The van der Waals surface area contributed by atoms with Crippen LogP contribution in [0.5, 0.6) is 5.75 Å². The van der Waals surface area contributed by atoms with Crippen LogP contribution in [-0.4, -0.2) is 44.8 Å². The highest BCUT2D eigenvalue weighted by molar-refractivity contribution is 6.06. The van der Waals surface area contributed by atoms with Gasteiger partial charge in [-0.15, -0.1) is 0 Å². The van der Waals surface area contributed by atoms with Crippen molar-refractivity contribution in [2.75, 3.05) is 18.9 Å². The lowest BCUT2D eigenvalue weighted by Gasteiger charge is -2.36. The Balaban J connectivity index is 1.63. The Morgan fingerprint density at radius 1 is 1.31 bits per heavy atom. The fraction of sp³-hybridized carbons (Fsp3) is 0.375. The molecule has 1 fully saturated rings. The molecule has 1 atom stereocenters. The third-order valence-electron chi connectivity index (χ3n) is 6.03. The second-order valence-corrected chi connectivity index (χ2v) is 8.42. The van der Waals surface area contributed by atoms with Crippen molar-refractivity contribution < 1.29 is 9.53 Å². The van der Waals surface area contributed by atoms with Gasteiger partial charge in [-0.1, -0.05) is 12.6 Å². The highest BCUT2D eigenvalue weighted by Gasteiger charge is 2.30. The predicted molar refractivity (Wildman–Crippen MR) is 126 cm³/mol. The maximum Gasteiger partial charge on any atom is 0.255 e. The van der Waals surface area contributed by atoms with E-state index in [1.165, 1.54) is 0 Å². The Labute approximate surface area is 187 Å². The summed E-state index contributed by atoms with van der Waals surface area (Å²) in [5.41, 5.74) is 16.4. The number of likely N-dealkylation sites (tertiary alicyclic amines) is 1. The zero-order valence-corrected chi connectivity index (χ0v) is 18.9. The molecule has 32 heavy (non-hydrogen) atoms. The number of pyridine rings is 1. The number of nitrogens with zero attached hydrogens (tertiary/aromatic N) is 4. The molecule has 1 aliphatic rings. The molecule has 1 aliphatic heterocycles. The second kappa shape index (κ2) is 8.53. The van der Waals surface area contributed by atoms with Crippen LogP contribution in [0.2, 0.25) is 0 Å². The van der Waals surface area contributed by atoms with Crippen molar-refractivity contribution >= 4 is 28.3 Å². The first-order valence-electron chi connectivity index (χ1n) is 10.9. The Morgan fingerprint density at radius 2 is 2.09 bits per heavy atom. The lowest BCUT2D eigenvalue weighted by molar-refractivity contribution is 0.0530. The number of anilines is 1. The van der Waals surface area contributed by atoms with E-state index in [0.29, 0.717) is 41.4 Å². The number of hydrogen-bond donors (Lipinski definition) is 2. The molecule has 4 N–H and O–H groups in total. The predicted octanol–water partition coefficient (Wildman–Crippen LogP) is 3.17. The van der Waals surface area contributed by atoms with Gasteiger partial charge < -0.3 is 21.1 Å². The van der Waals surface area contributed by atoms with Gasteiger partial charge in [0.2, 0.25) is 0 Å². The van der Waals surface area contributed by atoms with Crippen molar-refractivity contribution in [2.24, 2.45) is 12.8 Å². The number of nitrogen functional groups attached to an aromatic ring is 1. The first-order valence-corrected chi connectivity index (χ1v) is 10.9. The van der Waals surface area contributed by atoms with Crippen molar-refractivity contribution in [1.82, 2.24) is 19.7 Å². The molecule has 2 aromatic heterocycles. The van der Waals surface area contributed by atoms with Gasteiger partial charge in [-0.3, -0.25) is 9.48 Å². The van der Waals surface area contributed by atoms with Gasteiger partial charge in [0, 0.05) is 30.7 Å². The van der Waals surface area contributed by atoms with Crippen LogP contribution < -0.4 is 16.2 Å². The summed E-state index contributed by atoms with van der Waals surface area (Å²) >= 11 is 0. The quantitative estimate of drug-likeness (QED) is 0.597. The summed E-state index contributed by atoms with van der Waals surface area (Å²) in [5.74, 6) is 0.571. The number of aromatic nitrogens is 3. The normalized spacial score (nSPS) is 16.3. The van der Waals surface area contributed by atoms with Crippen molar-refractivity contribution in [2.45, 2.75) is 39.2 Å². The van der Waals surface area contributed by atoms with E-state index in [4.69, 9.17) is 16.2 Å². The number of carbonyl (C=O) groups is 1. The van der Waals surface area contributed by atoms with Gasteiger partial charge in [-0.25, -0.2) is 4.98 Å². The van der Waals surface area contributed by atoms with E-state index in [2.05, 4.69) is 16.7 Å². The van der Waals surface area contributed by atoms with Crippen molar-refractivity contribution in [3.63, 3.8) is 0 Å². The molecule has 0 aliphatic carbocycles. The summed E-state index contributed by atoms with van der Waals surface area (Å²) in [6.45, 7) is 8.66. The Bertz CT molecular complexity index is 1200. The molecular weight excluding hydrogens is 404 g/mol. The molecule has 168 valence electrons. The van der Waals surface area contributed by atoms with E-state index in [0.717, 1.165) is 41.7 Å². The third-order valence-corrected chi connectivity index (χ3v) is 6.03. The zero-order valence-electron chi connectivity index (χ0n) is 18.9. The number of fused-ring (bicyclic) bond motifs is 1. The lowest BCUT2D eigenvalue weighted by Crippen LogP contribution is -2.46. The van der Waals surface area contributed by atoms with Gasteiger partial charge in [-0.05, 0) is 51.3 Å². The maximum atomic E-state index is 13.7. The van der Waals surface area contributed by atoms with Crippen LogP contribution in [0.15, 0.2) is 30.8 Å². The number of amides is 1. The number of benzene rings is 1. The molecule has 1 amide bonds. The molecule has 0 saturated carbocycles. The van der Waals surface area contributed by atoms with Crippen molar-refractivity contribution in [3.05, 3.63) is 53.4 Å². The molecule has 0 bridgehead atoms. The molecule has 8 nitrogen and oxygen atoms in total. The molecule has 0 spiro atoms. The average Bonchev–Trinajstić information content (AvgIpc) is 3.04. The Morgan fingerprint density at radius 3 is 2.84 bits per heavy atom. The summed E-state index contributed by atoms with van der Waals surface area (Å²) in [4.78, 5) is 20.2. The standard InChI is InChI=1S/C24H30N6O2/c1-14-12-18(22-16(3)28-29(4)23(22)27-14)24(31)30-11-6-5-8-17(30)13-32-20-10-7-9-19(26)21(20)15(2)25/h7,9-10,12,17H,2,5-6,8,11,13,25-26H2,1,3-4H3/t17-/m1/s1. The number of ether oxygens (including phenoxy) is 1. The molecule has 0 radical (unpaired) electrons. The number of aryl methyl sites for hydroxylation is 3. The number of piperidine rings is 1. The molecule has 0 unspecified atom stereocenters. The first kappa shape index (κ1) is 21.7. The first-order chi connectivity index (χ1) is 15.3. The van der Waals surface area contributed by atoms with Gasteiger partial charge in [-0.2, -0.15) is 5.10 Å². The minimum Gasteiger partial charge on any atom is -0.491 e. The van der Waals surface area contributed by atoms with E-state index in [1.54, 1.807) is 10.7 Å². The van der Waals surface area contributed by atoms with Crippen molar-refractivity contribution in [3.8, 4) is 5.75 Å². The second-order valence-electron chi connectivity index (χ2n) is 8.42. The molecule has 3 heterocycles. The molecule has 1 aromatic carbocycles. The monoisotopic (exact) mass is 434 g/mol. The van der Waals surface area contributed by atoms with Crippen LogP contribution in [0.1, 0.15) is 46.6 Å². The van der Waals surface area contributed by atoms with Crippen LogP contribution in [0.3, 0.4) is 0 Å². The Hall–Kier alpha value is -3.55.